The number of hydrogen-bond donors (Lipinski definition) is 1. The number of halogens is 5. The Morgan fingerprint density at radius 2 is 1.68 bits per heavy atom. The van der Waals surface area contributed by atoms with Crippen molar-refractivity contribution in [2.75, 3.05) is 13.1 Å². The van der Waals surface area contributed by atoms with Crippen LogP contribution in [0.1, 0.15) is 85.3 Å². The third kappa shape index (κ3) is 7.05. The first-order valence-corrected chi connectivity index (χ1v) is 12.8. The maximum atomic E-state index is 14.4. The summed E-state index contributed by atoms with van der Waals surface area (Å²) in [7, 11) is 0. The molecular formula is C25H29Cl2F3N4O4. The van der Waals surface area contributed by atoms with Gasteiger partial charge in [0.15, 0.2) is 11.5 Å². The second kappa shape index (κ2) is 11.6. The average molecular weight is 577 g/mol. The largest absolute Gasteiger partial charge is 0.481 e. The van der Waals surface area contributed by atoms with Crippen molar-refractivity contribution in [1.82, 2.24) is 19.7 Å². The highest BCUT2D eigenvalue weighted by Crippen LogP contribution is 2.38. The Hall–Kier alpha value is -2.66. The maximum Gasteiger partial charge on any atom is 0.433 e. The zero-order valence-electron chi connectivity index (χ0n) is 21.2. The first-order chi connectivity index (χ1) is 17.6. The molecule has 2 atom stereocenters. The second-order valence-electron chi connectivity index (χ2n) is 10.7. The molecule has 8 nitrogen and oxygen atoms in total. The number of carboxylic acids is 1. The van der Waals surface area contributed by atoms with E-state index in [2.05, 4.69) is 10.1 Å². The van der Waals surface area contributed by atoms with Crippen LogP contribution in [-0.4, -0.2) is 55.5 Å². The lowest BCUT2D eigenvalue weighted by atomic mass is 9.95. The van der Waals surface area contributed by atoms with E-state index in [0.717, 1.165) is 15.8 Å². The number of pyridine rings is 1. The molecule has 0 unspecified atom stereocenters. The van der Waals surface area contributed by atoms with E-state index in [0.29, 0.717) is 19.3 Å². The van der Waals surface area contributed by atoms with Gasteiger partial charge < -0.3 is 10.0 Å². The minimum absolute atomic E-state index is 0.0376. The molecule has 0 radical (unpaired) electrons. The van der Waals surface area contributed by atoms with Crippen LogP contribution in [0, 0.1) is 11.3 Å². The van der Waals surface area contributed by atoms with Gasteiger partial charge in [-0.05, 0) is 31.1 Å². The summed E-state index contributed by atoms with van der Waals surface area (Å²) in [5, 5.41) is 13.2. The maximum absolute atomic E-state index is 14.4. The molecule has 2 aromatic heterocycles. The molecule has 0 bridgehead atoms. The van der Waals surface area contributed by atoms with Crippen LogP contribution in [0.15, 0.2) is 18.6 Å². The van der Waals surface area contributed by atoms with Crippen LogP contribution < -0.4 is 0 Å². The zero-order chi connectivity index (χ0) is 28.4. The highest BCUT2D eigenvalue weighted by molar-refractivity contribution is 6.39. The van der Waals surface area contributed by atoms with Crippen molar-refractivity contribution in [3.8, 4) is 0 Å². The molecular weight excluding hydrogens is 548 g/mol. The first kappa shape index (κ1) is 29.9. The van der Waals surface area contributed by atoms with Crippen molar-refractivity contribution in [3.05, 3.63) is 45.5 Å². The minimum atomic E-state index is -4.92. The summed E-state index contributed by atoms with van der Waals surface area (Å²) in [6.45, 7) is 4.74. The molecule has 0 aromatic carbocycles. The van der Waals surface area contributed by atoms with E-state index in [-0.39, 0.29) is 35.0 Å². The quantitative estimate of drug-likeness (QED) is 0.311. The number of hydrogen-bond acceptors (Lipinski definition) is 5. The van der Waals surface area contributed by atoms with E-state index in [1.807, 2.05) is 0 Å². The van der Waals surface area contributed by atoms with Gasteiger partial charge in [-0.3, -0.25) is 24.0 Å². The zero-order valence-corrected chi connectivity index (χ0v) is 22.7. The lowest BCUT2D eigenvalue weighted by Crippen LogP contribution is -2.42. The van der Waals surface area contributed by atoms with Gasteiger partial charge in [0, 0.05) is 18.9 Å². The molecule has 0 spiro atoms. The summed E-state index contributed by atoms with van der Waals surface area (Å²) in [6, 6.07) is -0.718. The van der Waals surface area contributed by atoms with Crippen molar-refractivity contribution >= 4 is 40.9 Å². The number of carbonyl (C=O) groups is 3. The third-order valence-corrected chi connectivity index (χ3v) is 6.92. The SMILES string of the molecule is CC(C)(C)CN(CC(=O)c1c(Cl)cncc1Cl)C(=O)c1cnn([C@@H]2CCC[C@H](C(=O)O)CC2)c1C(F)(F)F. The van der Waals surface area contributed by atoms with Crippen molar-refractivity contribution in [2.24, 2.45) is 11.3 Å². The van der Waals surface area contributed by atoms with Gasteiger partial charge in [-0.1, -0.05) is 50.4 Å². The third-order valence-electron chi connectivity index (χ3n) is 6.35. The average Bonchev–Trinajstić information content (AvgIpc) is 3.08. The van der Waals surface area contributed by atoms with Gasteiger partial charge in [0.25, 0.3) is 5.91 Å². The predicted octanol–water partition coefficient (Wildman–Crippen LogP) is 6.18. The van der Waals surface area contributed by atoms with E-state index < -0.39 is 59.0 Å². The molecule has 0 aliphatic heterocycles. The molecule has 0 saturated heterocycles. The molecule has 1 fully saturated rings. The summed E-state index contributed by atoms with van der Waals surface area (Å²) in [4.78, 5) is 42.9. The summed E-state index contributed by atoms with van der Waals surface area (Å²) < 4.78 is 43.9. The van der Waals surface area contributed by atoms with Crippen molar-refractivity contribution < 1.29 is 32.7 Å². The summed E-state index contributed by atoms with van der Waals surface area (Å²) >= 11 is 12.2. The summed E-state index contributed by atoms with van der Waals surface area (Å²) in [5.74, 6) is -3.27. The van der Waals surface area contributed by atoms with E-state index in [1.165, 1.54) is 12.4 Å². The smallest absolute Gasteiger partial charge is 0.433 e. The lowest BCUT2D eigenvalue weighted by molar-refractivity contribution is -0.146. The highest BCUT2D eigenvalue weighted by atomic mass is 35.5. The van der Waals surface area contributed by atoms with Gasteiger partial charge in [0.2, 0.25) is 0 Å². The van der Waals surface area contributed by atoms with Gasteiger partial charge in [-0.25, -0.2) is 0 Å². The fraction of sp³-hybridized carbons (Fsp3) is 0.560. The van der Waals surface area contributed by atoms with E-state index in [4.69, 9.17) is 23.2 Å². The Morgan fingerprint density at radius 1 is 1.05 bits per heavy atom. The van der Waals surface area contributed by atoms with Crippen LogP contribution in [0.4, 0.5) is 13.2 Å². The number of alkyl halides is 3. The lowest BCUT2D eigenvalue weighted by Gasteiger charge is -2.30. The molecule has 3 rings (SSSR count). The number of nitrogens with zero attached hydrogens (tertiary/aromatic N) is 4. The fourth-order valence-corrected chi connectivity index (χ4v) is 5.30. The molecule has 1 aliphatic carbocycles. The van der Waals surface area contributed by atoms with Crippen molar-refractivity contribution in [1.29, 1.82) is 0 Å². The van der Waals surface area contributed by atoms with Crippen molar-refractivity contribution in [2.45, 2.75) is 65.1 Å². The summed E-state index contributed by atoms with van der Waals surface area (Å²) in [6.07, 6.45) is -0.162. The number of ketones is 1. The Morgan fingerprint density at radius 3 is 2.24 bits per heavy atom. The van der Waals surface area contributed by atoms with Gasteiger partial charge >= 0.3 is 12.1 Å². The van der Waals surface area contributed by atoms with Gasteiger partial charge in [-0.2, -0.15) is 18.3 Å². The molecule has 2 aromatic rings. The Bertz CT molecular complexity index is 1190. The van der Waals surface area contributed by atoms with Crippen LogP contribution in [0.3, 0.4) is 0 Å². The predicted molar refractivity (Wildman–Crippen MR) is 134 cm³/mol. The number of Topliss-reactive ketones (excluding diaryl/α,β-unsaturated/α-hetero) is 1. The van der Waals surface area contributed by atoms with E-state index >= 15 is 0 Å². The van der Waals surface area contributed by atoms with Gasteiger partial charge in [0.1, 0.15) is 0 Å². The van der Waals surface area contributed by atoms with Gasteiger partial charge in [0.05, 0.1) is 45.9 Å². The molecule has 208 valence electrons. The Kier molecular flexibility index (Phi) is 9.13. The topological polar surface area (TPSA) is 105 Å². The number of aliphatic carboxylic acids is 1. The van der Waals surface area contributed by atoms with Crippen LogP contribution in [0.25, 0.3) is 0 Å². The first-order valence-electron chi connectivity index (χ1n) is 12.1. The van der Waals surface area contributed by atoms with E-state index in [1.54, 1.807) is 20.8 Å². The number of carboxylic acid groups (broad SMARTS) is 1. The molecule has 1 N–H and O–H groups in total. The standard InChI is InChI=1S/C25H29Cl2F3N4O4/c1-24(2,3)13-33(12-19(35)20-17(26)10-31-11-18(20)27)22(36)16-9-32-34(21(16)25(28,29)30)15-6-4-5-14(7-8-15)23(37)38/h9-11,14-15H,4-8,12-13H2,1-3H3,(H,37,38)/t14-,15+/m0/s1. The van der Waals surface area contributed by atoms with Crippen LogP contribution in [-0.2, 0) is 11.0 Å². The Balaban J connectivity index is 1.99. The molecule has 38 heavy (non-hydrogen) atoms. The second-order valence-corrected chi connectivity index (χ2v) is 11.5. The molecule has 1 amide bonds. The fourth-order valence-electron chi connectivity index (χ4n) is 4.72. The van der Waals surface area contributed by atoms with Crippen LogP contribution >= 0.6 is 23.2 Å². The normalized spacial score (nSPS) is 18.6. The van der Waals surface area contributed by atoms with Gasteiger partial charge in [-0.15, -0.1) is 0 Å². The van der Waals surface area contributed by atoms with E-state index in [9.17, 15) is 32.7 Å². The summed E-state index contributed by atoms with van der Waals surface area (Å²) in [5.41, 5.74) is -2.54. The molecule has 1 aliphatic rings. The van der Waals surface area contributed by atoms with Crippen LogP contribution in [0.5, 0.6) is 0 Å². The van der Waals surface area contributed by atoms with Crippen molar-refractivity contribution in [3.63, 3.8) is 0 Å². The monoisotopic (exact) mass is 576 g/mol. The highest BCUT2D eigenvalue weighted by Gasteiger charge is 2.43. The molecule has 1 saturated carbocycles. The molecule has 2 heterocycles. The number of rotatable bonds is 7. The number of amides is 1. The minimum Gasteiger partial charge on any atom is -0.481 e. The Labute approximate surface area is 228 Å². The number of carbonyl (C=O) groups excluding carboxylic acids is 2. The van der Waals surface area contributed by atoms with Crippen LogP contribution in [0.2, 0.25) is 10.0 Å². The number of aromatic nitrogens is 3. The molecule has 13 heteroatoms.